The van der Waals surface area contributed by atoms with Crippen molar-refractivity contribution in [2.75, 3.05) is 18.1 Å². The summed E-state index contributed by atoms with van der Waals surface area (Å²) in [7, 11) is 0. The smallest absolute Gasteiger partial charge is 0.390 e. The number of hydrogen-bond acceptors (Lipinski definition) is 6. The van der Waals surface area contributed by atoms with E-state index in [4.69, 9.17) is 11.6 Å². The van der Waals surface area contributed by atoms with Gasteiger partial charge in [0.1, 0.15) is 12.4 Å². The van der Waals surface area contributed by atoms with Gasteiger partial charge >= 0.3 is 5.95 Å². The van der Waals surface area contributed by atoms with Crippen molar-refractivity contribution >= 4 is 47.5 Å². The third kappa shape index (κ3) is 4.02. The van der Waals surface area contributed by atoms with Crippen LogP contribution in [0.25, 0.3) is 0 Å². The molecule has 1 aromatic heterocycles. The van der Waals surface area contributed by atoms with Crippen molar-refractivity contribution in [2.45, 2.75) is 13.0 Å². The van der Waals surface area contributed by atoms with Gasteiger partial charge in [-0.2, -0.15) is 0 Å². The van der Waals surface area contributed by atoms with Gasteiger partial charge in [-0.15, -0.1) is 12.4 Å². The zero-order valence-electron chi connectivity index (χ0n) is 12.6. The highest BCUT2D eigenvalue weighted by Crippen LogP contribution is 2.32. The molecule has 0 aliphatic carbocycles. The fourth-order valence-corrected chi connectivity index (χ4v) is 2.57. The second-order valence-electron chi connectivity index (χ2n) is 4.99. The molecule has 0 spiro atoms. The standard InChI is InChI=1S/C14H15ClN6O2.ClH/c15-11-2-3-13-12(10-11)16-6-9-20(13)18-4-1-7-19-8-5-17-14(19)21(22)23;/h2-3,5-6,8,10,18H,1,4,7,9H2;1H. The molecule has 0 saturated carbocycles. The van der Waals surface area contributed by atoms with Crippen molar-refractivity contribution in [3.63, 3.8) is 0 Å². The minimum Gasteiger partial charge on any atom is -0.390 e. The number of nitrogens with one attached hydrogen (secondary N) is 1. The lowest BCUT2D eigenvalue weighted by Crippen LogP contribution is -2.41. The Bertz CT molecular complexity index is 749. The lowest BCUT2D eigenvalue weighted by Gasteiger charge is -2.28. The summed E-state index contributed by atoms with van der Waals surface area (Å²) in [5.41, 5.74) is 5.09. The molecule has 0 unspecified atom stereocenters. The maximum absolute atomic E-state index is 10.8. The Labute approximate surface area is 149 Å². The third-order valence-electron chi connectivity index (χ3n) is 3.46. The van der Waals surface area contributed by atoms with Crippen LogP contribution in [0.3, 0.4) is 0 Å². The van der Waals surface area contributed by atoms with E-state index in [9.17, 15) is 10.1 Å². The van der Waals surface area contributed by atoms with Gasteiger partial charge in [0.15, 0.2) is 0 Å². The molecule has 8 nitrogen and oxygen atoms in total. The number of halogens is 2. The first-order valence-corrected chi connectivity index (χ1v) is 7.51. The Balaban J connectivity index is 0.00000208. The number of aromatic nitrogens is 2. The molecule has 2 heterocycles. The normalized spacial score (nSPS) is 12.6. The lowest BCUT2D eigenvalue weighted by atomic mass is 10.2. The van der Waals surface area contributed by atoms with Crippen molar-refractivity contribution in [2.24, 2.45) is 4.99 Å². The number of fused-ring (bicyclic) bond motifs is 1. The summed E-state index contributed by atoms with van der Waals surface area (Å²) in [5.74, 6) is -0.130. The Morgan fingerprint density at radius 3 is 3.04 bits per heavy atom. The number of anilines is 1. The van der Waals surface area contributed by atoms with E-state index >= 15 is 0 Å². The topological polar surface area (TPSA) is 88.6 Å². The Morgan fingerprint density at radius 1 is 1.42 bits per heavy atom. The van der Waals surface area contributed by atoms with Crippen molar-refractivity contribution in [3.8, 4) is 0 Å². The number of aryl methyl sites for hydroxylation is 1. The second kappa shape index (κ2) is 8.09. The molecule has 0 atom stereocenters. The van der Waals surface area contributed by atoms with Gasteiger partial charge in [0.05, 0.1) is 24.5 Å². The summed E-state index contributed by atoms with van der Waals surface area (Å²) in [4.78, 5) is 18.4. The van der Waals surface area contributed by atoms with Crippen LogP contribution < -0.4 is 10.4 Å². The van der Waals surface area contributed by atoms with E-state index in [1.165, 1.54) is 10.8 Å². The molecule has 3 rings (SSSR count). The summed E-state index contributed by atoms with van der Waals surface area (Å²) in [5, 5.41) is 13.4. The zero-order valence-corrected chi connectivity index (χ0v) is 14.2. The minimum absolute atomic E-state index is 0. The molecule has 0 saturated heterocycles. The summed E-state index contributed by atoms with van der Waals surface area (Å²) in [6.45, 7) is 1.85. The third-order valence-corrected chi connectivity index (χ3v) is 3.69. The maximum Gasteiger partial charge on any atom is 0.434 e. The summed E-state index contributed by atoms with van der Waals surface area (Å²) in [6, 6.07) is 5.56. The lowest BCUT2D eigenvalue weighted by molar-refractivity contribution is -0.396. The zero-order chi connectivity index (χ0) is 16.2. The molecule has 1 aliphatic rings. The quantitative estimate of drug-likeness (QED) is 0.479. The average molecular weight is 371 g/mol. The van der Waals surface area contributed by atoms with Crippen molar-refractivity contribution in [1.82, 2.24) is 15.0 Å². The van der Waals surface area contributed by atoms with Crippen LogP contribution in [0.5, 0.6) is 0 Å². The fourth-order valence-electron chi connectivity index (χ4n) is 2.41. The number of hydrogen-bond donors (Lipinski definition) is 1. The molecule has 0 amide bonds. The highest BCUT2D eigenvalue weighted by molar-refractivity contribution is 6.31. The molecule has 1 aliphatic heterocycles. The van der Waals surface area contributed by atoms with E-state index in [1.54, 1.807) is 6.20 Å². The molecular formula is C14H16Cl2N6O2. The molecular weight excluding hydrogens is 355 g/mol. The molecule has 1 aromatic carbocycles. The Morgan fingerprint density at radius 2 is 2.25 bits per heavy atom. The van der Waals surface area contributed by atoms with Gasteiger partial charge in [0, 0.05) is 17.8 Å². The molecule has 24 heavy (non-hydrogen) atoms. The largest absolute Gasteiger partial charge is 0.434 e. The van der Waals surface area contributed by atoms with Crippen LogP contribution >= 0.6 is 24.0 Å². The fraction of sp³-hybridized carbons (Fsp3) is 0.286. The number of imidazole rings is 1. The number of aliphatic imine (C=N–C) groups is 1. The number of nitrogens with zero attached hydrogens (tertiary/aromatic N) is 5. The molecule has 0 radical (unpaired) electrons. The van der Waals surface area contributed by atoms with E-state index in [1.807, 2.05) is 29.4 Å². The summed E-state index contributed by atoms with van der Waals surface area (Å²) in [6.07, 6.45) is 5.59. The second-order valence-corrected chi connectivity index (χ2v) is 5.43. The summed E-state index contributed by atoms with van der Waals surface area (Å²) < 4.78 is 1.53. The van der Waals surface area contributed by atoms with Crippen LogP contribution in [-0.2, 0) is 6.54 Å². The highest BCUT2D eigenvalue weighted by Gasteiger charge is 2.15. The first kappa shape index (κ1) is 18.2. The van der Waals surface area contributed by atoms with Crippen LogP contribution in [-0.4, -0.2) is 33.8 Å². The van der Waals surface area contributed by atoms with E-state index in [0.717, 1.165) is 17.8 Å². The van der Waals surface area contributed by atoms with E-state index in [0.29, 0.717) is 24.7 Å². The van der Waals surface area contributed by atoms with Gasteiger partial charge in [0.25, 0.3) is 0 Å². The van der Waals surface area contributed by atoms with Crippen LogP contribution in [0.4, 0.5) is 17.3 Å². The highest BCUT2D eigenvalue weighted by atomic mass is 35.5. The first-order chi connectivity index (χ1) is 11.1. The van der Waals surface area contributed by atoms with Gasteiger partial charge in [0.2, 0.25) is 0 Å². The van der Waals surface area contributed by atoms with Gasteiger partial charge in [-0.25, -0.2) is 9.99 Å². The van der Waals surface area contributed by atoms with E-state index < -0.39 is 4.92 Å². The summed E-state index contributed by atoms with van der Waals surface area (Å²) >= 11 is 5.97. The molecule has 0 bridgehead atoms. The van der Waals surface area contributed by atoms with Gasteiger partial charge in [-0.3, -0.25) is 4.99 Å². The predicted octanol–water partition coefficient (Wildman–Crippen LogP) is 2.98. The Kier molecular flexibility index (Phi) is 6.13. The molecule has 2 aromatic rings. The number of benzene rings is 1. The number of hydrazine groups is 1. The maximum atomic E-state index is 10.8. The van der Waals surface area contributed by atoms with Gasteiger partial charge in [-0.1, -0.05) is 16.6 Å². The minimum atomic E-state index is -0.478. The monoisotopic (exact) mass is 370 g/mol. The molecule has 0 fully saturated rings. The number of rotatable bonds is 6. The van der Waals surface area contributed by atoms with Gasteiger partial charge < -0.3 is 15.1 Å². The van der Waals surface area contributed by atoms with Crippen LogP contribution in [0, 0.1) is 10.1 Å². The molecule has 10 heteroatoms. The van der Waals surface area contributed by atoms with Crippen LogP contribution in [0.1, 0.15) is 6.42 Å². The van der Waals surface area contributed by atoms with E-state index in [2.05, 4.69) is 15.4 Å². The van der Waals surface area contributed by atoms with Crippen molar-refractivity contribution in [3.05, 3.63) is 45.7 Å². The first-order valence-electron chi connectivity index (χ1n) is 7.14. The predicted molar refractivity (Wildman–Crippen MR) is 95.7 cm³/mol. The van der Waals surface area contributed by atoms with Crippen LogP contribution in [0.15, 0.2) is 35.6 Å². The van der Waals surface area contributed by atoms with Crippen LogP contribution in [0.2, 0.25) is 5.02 Å². The number of nitro groups is 1. The SMILES string of the molecule is Cl.O=[N+]([O-])c1nccn1CCCNN1CC=Nc2cc(Cl)ccc21. The average Bonchev–Trinajstić information content (AvgIpc) is 3.00. The van der Waals surface area contributed by atoms with E-state index in [-0.39, 0.29) is 18.4 Å². The molecule has 128 valence electrons. The van der Waals surface area contributed by atoms with Gasteiger partial charge in [-0.05, 0) is 29.5 Å². The Hall–Kier alpha value is -2.16. The van der Waals surface area contributed by atoms with Crippen molar-refractivity contribution in [1.29, 1.82) is 0 Å². The van der Waals surface area contributed by atoms with Crippen molar-refractivity contribution < 1.29 is 4.92 Å². The molecule has 1 N–H and O–H groups in total.